The standard InChI is InChI=1S/C21H19BrN6O5/c22-15-8-23-16-9-26(5-6-27(15)16)10-18(30)24-11-1-2-12-13(7-11)21(33)28(20(12)32)14-3-4-17(29)25-19(14)31/h1-2,7-8,14H,3-6,9-10H2,(H,24,30)(H,25,29,31). The molecule has 0 aliphatic carbocycles. The van der Waals surface area contributed by atoms with E-state index in [2.05, 4.69) is 31.5 Å². The summed E-state index contributed by atoms with van der Waals surface area (Å²) in [6.07, 6.45) is 1.88. The van der Waals surface area contributed by atoms with Gasteiger partial charge in [-0.3, -0.25) is 39.1 Å². The van der Waals surface area contributed by atoms with Gasteiger partial charge >= 0.3 is 0 Å². The summed E-state index contributed by atoms with van der Waals surface area (Å²) in [4.78, 5) is 69.0. The van der Waals surface area contributed by atoms with E-state index in [1.165, 1.54) is 12.1 Å². The summed E-state index contributed by atoms with van der Waals surface area (Å²) in [7, 11) is 0. The monoisotopic (exact) mass is 514 g/mol. The topological polar surface area (TPSA) is 134 Å². The van der Waals surface area contributed by atoms with Crippen LogP contribution in [0.4, 0.5) is 5.69 Å². The van der Waals surface area contributed by atoms with Gasteiger partial charge in [0.05, 0.1) is 30.4 Å². The van der Waals surface area contributed by atoms with Crippen LogP contribution < -0.4 is 10.6 Å². The number of rotatable bonds is 4. The molecule has 0 bridgehead atoms. The summed E-state index contributed by atoms with van der Waals surface area (Å²) in [5.41, 5.74) is 0.662. The highest BCUT2D eigenvalue weighted by Crippen LogP contribution is 2.29. The summed E-state index contributed by atoms with van der Waals surface area (Å²) in [6.45, 7) is 2.09. The largest absolute Gasteiger partial charge is 0.325 e. The average molecular weight is 515 g/mol. The number of imide groups is 2. The van der Waals surface area contributed by atoms with Crippen molar-refractivity contribution in [3.63, 3.8) is 0 Å². The van der Waals surface area contributed by atoms with E-state index in [1.807, 2.05) is 9.47 Å². The van der Waals surface area contributed by atoms with Crippen LogP contribution in [0.15, 0.2) is 29.0 Å². The zero-order valence-electron chi connectivity index (χ0n) is 17.3. The Morgan fingerprint density at radius 3 is 2.73 bits per heavy atom. The van der Waals surface area contributed by atoms with Crippen molar-refractivity contribution in [3.8, 4) is 0 Å². The Labute approximate surface area is 196 Å². The van der Waals surface area contributed by atoms with Gasteiger partial charge in [-0.1, -0.05) is 0 Å². The molecule has 1 fully saturated rings. The van der Waals surface area contributed by atoms with Gasteiger partial charge in [0, 0.05) is 25.2 Å². The molecule has 0 saturated carbocycles. The number of aromatic nitrogens is 2. The van der Waals surface area contributed by atoms with Crippen LogP contribution in [0.1, 0.15) is 39.4 Å². The molecule has 1 aromatic heterocycles. The fraction of sp³-hybridized carbons (Fsp3) is 0.333. The van der Waals surface area contributed by atoms with Gasteiger partial charge in [-0.2, -0.15) is 0 Å². The second-order valence-electron chi connectivity index (χ2n) is 8.12. The lowest BCUT2D eigenvalue weighted by Crippen LogP contribution is -2.54. The Kier molecular flexibility index (Phi) is 5.33. The third-order valence-electron chi connectivity index (χ3n) is 5.99. The van der Waals surface area contributed by atoms with E-state index in [0.29, 0.717) is 18.8 Å². The zero-order valence-corrected chi connectivity index (χ0v) is 18.9. The van der Waals surface area contributed by atoms with Gasteiger partial charge in [-0.15, -0.1) is 0 Å². The van der Waals surface area contributed by atoms with Crippen LogP contribution in [0.5, 0.6) is 0 Å². The predicted molar refractivity (Wildman–Crippen MR) is 117 cm³/mol. The number of imidazole rings is 1. The maximum absolute atomic E-state index is 12.9. The lowest BCUT2D eigenvalue weighted by molar-refractivity contribution is -0.136. The van der Waals surface area contributed by atoms with Crippen molar-refractivity contribution in [2.24, 2.45) is 0 Å². The van der Waals surface area contributed by atoms with E-state index in [-0.39, 0.29) is 36.4 Å². The van der Waals surface area contributed by atoms with Crippen molar-refractivity contribution in [2.75, 3.05) is 18.4 Å². The zero-order chi connectivity index (χ0) is 23.3. The first-order valence-corrected chi connectivity index (χ1v) is 11.2. The van der Waals surface area contributed by atoms with E-state index < -0.39 is 29.7 Å². The molecule has 0 spiro atoms. The number of hydrogen-bond acceptors (Lipinski definition) is 7. The van der Waals surface area contributed by atoms with Crippen molar-refractivity contribution in [1.29, 1.82) is 0 Å². The summed E-state index contributed by atoms with van der Waals surface area (Å²) in [6, 6.07) is 3.43. The molecule has 5 rings (SSSR count). The van der Waals surface area contributed by atoms with Crippen LogP contribution in [0, 0.1) is 0 Å². The minimum absolute atomic E-state index is 0.0544. The Morgan fingerprint density at radius 2 is 1.94 bits per heavy atom. The molecule has 2 aromatic rings. The molecule has 170 valence electrons. The van der Waals surface area contributed by atoms with Crippen LogP contribution in [0.2, 0.25) is 0 Å². The highest BCUT2D eigenvalue weighted by molar-refractivity contribution is 9.10. The summed E-state index contributed by atoms with van der Waals surface area (Å²) in [5, 5.41) is 4.93. The second-order valence-corrected chi connectivity index (χ2v) is 8.93. The van der Waals surface area contributed by atoms with Gasteiger partial charge in [0.1, 0.15) is 16.5 Å². The van der Waals surface area contributed by atoms with Crippen LogP contribution >= 0.6 is 15.9 Å². The van der Waals surface area contributed by atoms with Crippen molar-refractivity contribution in [3.05, 3.63) is 46.0 Å². The minimum atomic E-state index is -1.03. The van der Waals surface area contributed by atoms with Crippen LogP contribution in [-0.2, 0) is 27.5 Å². The molecule has 5 amide bonds. The molecule has 4 heterocycles. The number of carbonyl (C=O) groups excluding carboxylic acids is 5. The first-order chi connectivity index (χ1) is 15.8. The quantitative estimate of drug-likeness (QED) is 0.567. The lowest BCUT2D eigenvalue weighted by atomic mass is 10.0. The van der Waals surface area contributed by atoms with Gasteiger partial charge in [0.15, 0.2) is 0 Å². The normalized spacial score (nSPS) is 20.5. The third kappa shape index (κ3) is 3.85. The Bertz CT molecular complexity index is 1220. The fourth-order valence-electron chi connectivity index (χ4n) is 4.36. The molecule has 12 heteroatoms. The van der Waals surface area contributed by atoms with Crippen LogP contribution in [0.25, 0.3) is 0 Å². The fourth-order valence-corrected chi connectivity index (χ4v) is 4.84. The molecule has 1 aromatic carbocycles. The molecular formula is C21H19BrN6O5. The van der Waals surface area contributed by atoms with Gasteiger partial charge < -0.3 is 9.88 Å². The van der Waals surface area contributed by atoms with Crippen molar-refractivity contribution < 1.29 is 24.0 Å². The maximum Gasteiger partial charge on any atom is 0.262 e. The van der Waals surface area contributed by atoms with E-state index in [0.717, 1.165) is 21.9 Å². The molecule has 3 aliphatic heterocycles. The van der Waals surface area contributed by atoms with E-state index >= 15 is 0 Å². The van der Waals surface area contributed by atoms with Gasteiger partial charge in [-0.05, 0) is 40.5 Å². The average Bonchev–Trinajstić information content (AvgIpc) is 3.25. The van der Waals surface area contributed by atoms with Gasteiger partial charge in [0.2, 0.25) is 17.7 Å². The number of piperidine rings is 1. The molecule has 3 aliphatic rings. The van der Waals surface area contributed by atoms with Crippen molar-refractivity contribution in [2.45, 2.75) is 32.0 Å². The molecule has 11 nitrogen and oxygen atoms in total. The first kappa shape index (κ1) is 21.5. The van der Waals surface area contributed by atoms with Crippen molar-refractivity contribution >= 4 is 51.2 Å². The first-order valence-electron chi connectivity index (χ1n) is 10.4. The second kappa shape index (κ2) is 8.19. The van der Waals surface area contributed by atoms with E-state index in [4.69, 9.17) is 0 Å². The van der Waals surface area contributed by atoms with E-state index in [9.17, 15) is 24.0 Å². The molecule has 1 unspecified atom stereocenters. The number of carbonyl (C=O) groups is 5. The number of anilines is 1. The molecule has 0 radical (unpaired) electrons. The Balaban J connectivity index is 1.26. The number of nitrogens with zero attached hydrogens (tertiary/aromatic N) is 4. The number of halogens is 1. The summed E-state index contributed by atoms with van der Waals surface area (Å²) in [5.74, 6) is -1.68. The number of nitrogens with one attached hydrogen (secondary N) is 2. The lowest BCUT2D eigenvalue weighted by Gasteiger charge is -2.27. The molecule has 1 atom stereocenters. The summed E-state index contributed by atoms with van der Waals surface area (Å²) < 4.78 is 2.96. The molecular weight excluding hydrogens is 496 g/mol. The van der Waals surface area contributed by atoms with Crippen molar-refractivity contribution in [1.82, 2.24) is 24.7 Å². The highest BCUT2D eigenvalue weighted by atomic mass is 79.9. The number of hydrogen-bond donors (Lipinski definition) is 2. The number of fused-ring (bicyclic) bond motifs is 2. The predicted octanol–water partition coefficient (Wildman–Crippen LogP) is 0.501. The van der Waals surface area contributed by atoms with Crippen LogP contribution in [-0.4, -0.2) is 68.0 Å². The number of benzene rings is 1. The van der Waals surface area contributed by atoms with Crippen LogP contribution in [0.3, 0.4) is 0 Å². The summed E-state index contributed by atoms with van der Waals surface area (Å²) >= 11 is 3.45. The third-order valence-corrected chi connectivity index (χ3v) is 6.62. The Hall–Kier alpha value is -3.38. The maximum atomic E-state index is 12.9. The molecule has 2 N–H and O–H groups in total. The minimum Gasteiger partial charge on any atom is -0.325 e. The SMILES string of the molecule is O=C1CCC(N2C(=O)c3ccc(NC(=O)CN4CCn5c(Br)cnc5C4)cc3C2=O)C(=O)N1. The Morgan fingerprint density at radius 1 is 1.15 bits per heavy atom. The van der Waals surface area contributed by atoms with Gasteiger partial charge in [-0.25, -0.2) is 4.98 Å². The van der Waals surface area contributed by atoms with Gasteiger partial charge in [0.25, 0.3) is 11.8 Å². The van der Waals surface area contributed by atoms with E-state index in [1.54, 1.807) is 12.3 Å². The molecule has 33 heavy (non-hydrogen) atoms. The number of amides is 5. The highest BCUT2D eigenvalue weighted by Gasteiger charge is 2.44. The molecule has 1 saturated heterocycles. The smallest absolute Gasteiger partial charge is 0.262 e.